The average Bonchev–Trinajstić information content (AvgIpc) is 2.39. The second kappa shape index (κ2) is 6.35. The molecule has 2 N–H and O–H groups in total. The van der Waals surface area contributed by atoms with Crippen LogP contribution < -0.4 is 5.32 Å². The van der Waals surface area contributed by atoms with Crippen molar-refractivity contribution in [3.8, 4) is 0 Å². The molecule has 0 saturated heterocycles. The van der Waals surface area contributed by atoms with E-state index in [-0.39, 0.29) is 11.4 Å². The van der Waals surface area contributed by atoms with Crippen LogP contribution in [-0.2, 0) is 6.42 Å². The molecule has 110 valence electrons. The normalized spacial score (nSPS) is 10.4. The molecule has 0 amide bonds. The zero-order chi connectivity index (χ0) is 15.4. The molecule has 0 atom stereocenters. The number of carbonyl (C=O) groups is 1. The van der Waals surface area contributed by atoms with Crippen molar-refractivity contribution in [1.29, 1.82) is 0 Å². The first-order valence-electron chi connectivity index (χ1n) is 6.67. The van der Waals surface area contributed by atoms with Gasteiger partial charge in [0.1, 0.15) is 11.4 Å². The first kappa shape index (κ1) is 15.0. The molecule has 1 aromatic carbocycles. The Kier molecular flexibility index (Phi) is 4.52. The summed E-state index contributed by atoms with van der Waals surface area (Å²) in [6.45, 7) is 4.07. The molecule has 1 aromatic heterocycles. The number of aryl methyl sites for hydroxylation is 2. The first-order chi connectivity index (χ1) is 9.97. The summed E-state index contributed by atoms with van der Waals surface area (Å²) in [6, 6.07) is 7.99. The molecule has 4 nitrogen and oxygen atoms in total. The second-order valence-electron chi connectivity index (χ2n) is 4.88. The van der Waals surface area contributed by atoms with Crippen molar-refractivity contribution in [1.82, 2.24) is 4.98 Å². The van der Waals surface area contributed by atoms with Crippen LogP contribution in [0.15, 0.2) is 30.3 Å². The topological polar surface area (TPSA) is 62.2 Å². The minimum atomic E-state index is -0.996. The number of benzene rings is 1. The van der Waals surface area contributed by atoms with Crippen LogP contribution in [0.3, 0.4) is 0 Å². The fourth-order valence-corrected chi connectivity index (χ4v) is 2.23. The molecule has 2 rings (SSSR count). The van der Waals surface area contributed by atoms with Gasteiger partial charge in [0.15, 0.2) is 0 Å². The number of hydrogen-bond acceptors (Lipinski definition) is 3. The Hall–Kier alpha value is -2.43. The number of anilines is 1. The number of halogens is 1. The summed E-state index contributed by atoms with van der Waals surface area (Å²) in [7, 11) is 0. The highest BCUT2D eigenvalue weighted by atomic mass is 19.1. The molecule has 0 radical (unpaired) electrons. The number of rotatable bonds is 5. The Balaban J connectivity index is 2.09. The van der Waals surface area contributed by atoms with E-state index >= 15 is 0 Å². The maximum Gasteiger partial charge on any atom is 0.339 e. The molecule has 0 spiro atoms. The van der Waals surface area contributed by atoms with Gasteiger partial charge in [0, 0.05) is 12.2 Å². The summed E-state index contributed by atoms with van der Waals surface area (Å²) < 4.78 is 12.8. The van der Waals surface area contributed by atoms with Gasteiger partial charge in [-0.1, -0.05) is 12.1 Å². The van der Waals surface area contributed by atoms with Crippen molar-refractivity contribution in [2.45, 2.75) is 20.3 Å². The van der Waals surface area contributed by atoms with E-state index in [1.165, 1.54) is 12.1 Å². The monoisotopic (exact) mass is 288 g/mol. The molecule has 0 aliphatic heterocycles. The number of hydrogen-bond donors (Lipinski definition) is 2. The number of carboxylic acid groups (broad SMARTS) is 1. The van der Waals surface area contributed by atoms with Crippen molar-refractivity contribution in [3.63, 3.8) is 0 Å². The molecule has 2 aromatic rings. The third kappa shape index (κ3) is 3.78. The lowest BCUT2D eigenvalue weighted by Gasteiger charge is -2.12. The van der Waals surface area contributed by atoms with Crippen LogP contribution in [0.25, 0.3) is 0 Å². The number of carboxylic acids is 1. The van der Waals surface area contributed by atoms with Gasteiger partial charge >= 0.3 is 5.97 Å². The molecule has 0 bridgehead atoms. The Morgan fingerprint density at radius 3 is 2.57 bits per heavy atom. The largest absolute Gasteiger partial charge is 0.478 e. The molecule has 1 heterocycles. The Morgan fingerprint density at radius 2 is 1.95 bits per heavy atom. The van der Waals surface area contributed by atoms with Crippen LogP contribution in [0, 0.1) is 19.7 Å². The lowest BCUT2D eigenvalue weighted by atomic mass is 10.1. The maximum atomic E-state index is 12.8. The van der Waals surface area contributed by atoms with E-state index in [9.17, 15) is 14.3 Å². The highest BCUT2D eigenvalue weighted by molar-refractivity contribution is 5.95. The third-order valence-electron chi connectivity index (χ3n) is 3.18. The highest BCUT2D eigenvalue weighted by Gasteiger charge is 2.14. The maximum absolute atomic E-state index is 12.8. The molecule has 0 unspecified atom stereocenters. The van der Waals surface area contributed by atoms with E-state index < -0.39 is 5.97 Å². The standard InChI is InChI=1S/C16H17FN2O2/c1-10-9-14(15(16(20)21)11(2)19-10)18-8-7-12-3-5-13(17)6-4-12/h3-6,9H,7-8H2,1-2H3,(H,18,19)(H,20,21). The number of nitrogens with one attached hydrogen (secondary N) is 1. The zero-order valence-electron chi connectivity index (χ0n) is 12.0. The van der Waals surface area contributed by atoms with E-state index in [4.69, 9.17) is 0 Å². The van der Waals surface area contributed by atoms with E-state index in [1.54, 1.807) is 25.1 Å². The van der Waals surface area contributed by atoms with Gasteiger partial charge in [-0.05, 0) is 44.0 Å². The van der Waals surface area contributed by atoms with E-state index in [0.29, 0.717) is 24.3 Å². The van der Waals surface area contributed by atoms with Gasteiger partial charge in [-0.15, -0.1) is 0 Å². The van der Waals surface area contributed by atoms with E-state index in [0.717, 1.165) is 11.3 Å². The van der Waals surface area contributed by atoms with Gasteiger partial charge in [-0.25, -0.2) is 9.18 Å². The van der Waals surface area contributed by atoms with Crippen molar-refractivity contribution in [2.24, 2.45) is 0 Å². The second-order valence-corrected chi connectivity index (χ2v) is 4.88. The van der Waals surface area contributed by atoms with E-state index in [1.807, 2.05) is 6.92 Å². The molecular weight excluding hydrogens is 271 g/mol. The molecule has 0 aliphatic rings. The van der Waals surface area contributed by atoms with Crippen molar-refractivity contribution >= 4 is 11.7 Å². The lowest BCUT2D eigenvalue weighted by molar-refractivity contribution is 0.0696. The molecule has 0 fully saturated rings. The predicted molar refractivity (Wildman–Crippen MR) is 79.3 cm³/mol. The summed E-state index contributed by atoms with van der Waals surface area (Å²) in [6.07, 6.45) is 0.680. The lowest BCUT2D eigenvalue weighted by Crippen LogP contribution is -2.12. The molecule has 21 heavy (non-hydrogen) atoms. The van der Waals surface area contributed by atoms with Gasteiger partial charge in [-0.3, -0.25) is 4.98 Å². The Morgan fingerprint density at radius 1 is 1.29 bits per heavy atom. The molecule has 0 aliphatic carbocycles. The fourth-order valence-electron chi connectivity index (χ4n) is 2.23. The summed E-state index contributed by atoms with van der Waals surface area (Å²) in [5.41, 5.74) is 3.01. The summed E-state index contributed by atoms with van der Waals surface area (Å²) in [5.74, 6) is -1.26. The van der Waals surface area contributed by atoms with Crippen LogP contribution in [0.1, 0.15) is 27.3 Å². The van der Waals surface area contributed by atoms with Crippen molar-refractivity contribution < 1.29 is 14.3 Å². The number of aromatic nitrogens is 1. The van der Waals surface area contributed by atoms with Crippen molar-refractivity contribution in [2.75, 3.05) is 11.9 Å². The van der Waals surface area contributed by atoms with Gasteiger partial charge < -0.3 is 10.4 Å². The average molecular weight is 288 g/mol. The zero-order valence-corrected chi connectivity index (χ0v) is 12.0. The van der Waals surface area contributed by atoms with Crippen molar-refractivity contribution in [3.05, 3.63) is 58.7 Å². The Bertz CT molecular complexity index is 654. The quantitative estimate of drug-likeness (QED) is 0.887. The first-order valence-corrected chi connectivity index (χ1v) is 6.67. The third-order valence-corrected chi connectivity index (χ3v) is 3.18. The van der Waals surface area contributed by atoms with Gasteiger partial charge in [0.2, 0.25) is 0 Å². The number of nitrogens with zero attached hydrogens (tertiary/aromatic N) is 1. The van der Waals surface area contributed by atoms with Crippen LogP contribution in [-0.4, -0.2) is 22.6 Å². The van der Waals surface area contributed by atoms with Crippen LogP contribution in [0.4, 0.5) is 10.1 Å². The van der Waals surface area contributed by atoms with Gasteiger partial charge in [0.05, 0.1) is 11.4 Å². The smallest absolute Gasteiger partial charge is 0.339 e. The number of pyridine rings is 1. The summed E-state index contributed by atoms with van der Waals surface area (Å²) in [5, 5.41) is 12.4. The minimum absolute atomic E-state index is 0.194. The Labute approximate surface area is 122 Å². The molecule has 5 heteroatoms. The SMILES string of the molecule is Cc1cc(NCCc2ccc(F)cc2)c(C(=O)O)c(C)n1. The fraction of sp³-hybridized carbons (Fsp3) is 0.250. The van der Waals surface area contributed by atoms with Gasteiger partial charge in [-0.2, -0.15) is 0 Å². The van der Waals surface area contributed by atoms with Crippen LogP contribution in [0.5, 0.6) is 0 Å². The summed E-state index contributed by atoms with van der Waals surface area (Å²) in [4.78, 5) is 15.5. The van der Waals surface area contributed by atoms with E-state index in [2.05, 4.69) is 10.3 Å². The van der Waals surface area contributed by atoms with Crippen LogP contribution >= 0.6 is 0 Å². The molecular formula is C16H17FN2O2. The predicted octanol–water partition coefficient (Wildman–Crippen LogP) is 3.19. The van der Waals surface area contributed by atoms with Crippen LogP contribution in [0.2, 0.25) is 0 Å². The number of aromatic carboxylic acids is 1. The highest BCUT2D eigenvalue weighted by Crippen LogP contribution is 2.19. The van der Waals surface area contributed by atoms with Gasteiger partial charge in [0.25, 0.3) is 0 Å². The molecule has 0 saturated carbocycles. The minimum Gasteiger partial charge on any atom is -0.478 e. The summed E-state index contributed by atoms with van der Waals surface area (Å²) >= 11 is 0.